The van der Waals surface area contributed by atoms with Gasteiger partial charge >= 0.3 is 0 Å². The van der Waals surface area contributed by atoms with Gasteiger partial charge in [-0.2, -0.15) is 0 Å². The molecular formula is C23H36O2. The molecule has 0 aromatic heterocycles. The molecule has 0 aliphatic heterocycles. The highest BCUT2D eigenvalue weighted by atomic mass is 16.3. The smallest absolute Gasteiger partial charge is 0.164 e. The van der Waals surface area contributed by atoms with E-state index < -0.39 is 5.60 Å². The maximum atomic E-state index is 12.6. The minimum atomic E-state index is -1.19. The van der Waals surface area contributed by atoms with E-state index in [4.69, 9.17) is 0 Å². The van der Waals surface area contributed by atoms with Crippen LogP contribution < -0.4 is 0 Å². The third-order valence-corrected chi connectivity index (χ3v) is 5.48. The molecule has 0 unspecified atom stereocenters. The first-order valence-electron chi connectivity index (χ1n) is 9.82. The van der Waals surface area contributed by atoms with Crippen molar-refractivity contribution in [2.75, 3.05) is 0 Å². The van der Waals surface area contributed by atoms with Crippen LogP contribution in [0.15, 0.2) is 18.2 Å². The molecule has 1 aromatic rings. The predicted octanol–water partition coefficient (Wildman–Crippen LogP) is 5.48. The molecule has 140 valence electrons. The Morgan fingerprint density at radius 3 is 1.92 bits per heavy atom. The van der Waals surface area contributed by atoms with Gasteiger partial charge in [0, 0.05) is 12.8 Å². The first-order valence-corrected chi connectivity index (χ1v) is 9.82. The molecule has 2 rings (SSSR count). The molecule has 0 spiro atoms. The van der Waals surface area contributed by atoms with Gasteiger partial charge in [-0.1, -0.05) is 79.0 Å². The van der Waals surface area contributed by atoms with Crippen molar-refractivity contribution in [3.8, 4) is 0 Å². The Morgan fingerprint density at radius 1 is 0.880 bits per heavy atom. The molecule has 1 aromatic carbocycles. The van der Waals surface area contributed by atoms with Crippen LogP contribution in [0.5, 0.6) is 0 Å². The molecule has 0 saturated heterocycles. The Balaban J connectivity index is 2.41. The molecule has 2 heteroatoms. The lowest BCUT2D eigenvalue weighted by Gasteiger charge is -2.31. The predicted molar refractivity (Wildman–Crippen MR) is 105 cm³/mol. The highest BCUT2D eigenvalue weighted by Gasteiger charge is 2.36. The minimum Gasteiger partial charge on any atom is -0.382 e. The number of hydrogen-bond acceptors (Lipinski definition) is 2. The second kappa shape index (κ2) is 7.23. The SMILES string of the molecule is CC(C)(C)c1cc(C[C@]2(O)CCCCCCC2=O)cc(C(C)(C)C)c1. The summed E-state index contributed by atoms with van der Waals surface area (Å²) < 4.78 is 0. The Morgan fingerprint density at radius 2 is 1.40 bits per heavy atom. The van der Waals surface area contributed by atoms with E-state index in [0.29, 0.717) is 19.3 Å². The Kier molecular flexibility index (Phi) is 5.83. The van der Waals surface area contributed by atoms with Crippen molar-refractivity contribution in [1.29, 1.82) is 0 Å². The van der Waals surface area contributed by atoms with Gasteiger partial charge in [-0.25, -0.2) is 0 Å². The minimum absolute atomic E-state index is 0.0330. The standard InChI is InChI=1S/C23H36O2/c1-21(2,3)18-13-17(14-19(15-18)22(4,5)6)16-23(25)12-10-8-7-9-11-20(23)24/h13-15,25H,7-12,16H2,1-6H3/t23-/m1/s1. The summed E-state index contributed by atoms with van der Waals surface area (Å²) in [6, 6.07) is 6.67. The molecular weight excluding hydrogens is 308 g/mol. The van der Waals surface area contributed by atoms with E-state index in [1.807, 2.05) is 0 Å². The first kappa shape index (κ1) is 20.2. The van der Waals surface area contributed by atoms with Crippen LogP contribution in [-0.4, -0.2) is 16.5 Å². The summed E-state index contributed by atoms with van der Waals surface area (Å²) in [4.78, 5) is 12.6. The van der Waals surface area contributed by atoms with E-state index in [0.717, 1.165) is 31.2 Å². The molecule has 0 radical (unpaired) electrons. The maximum absolute atomic E-state index is 12.6. The van der Waals surface area contributed by atoms with Gasteiger partial charge in [0.15, 0.2) is 5.78 Å². The highest BCUT2D eigenvalue weighted by Crippen LogP contribution is 2.33. The molecule has 2 nitrogen and oxygen atoms in total. The van der Waals surface area contributed by atoms with Gasteiger partial charge in [-0.15, -0.1) is 0 Å². The van der Waals surface area contributed by atoms with E-state index in [1.165, 1.54) is 11.1 Å². The Labute approximate surface area is 154 Å². The highest BCUT2D eigenvalue weighted by molar-refractivity contribution is 5.87. The van der Waals surface area contributed by atoms with Crippen LogP contribution in [0, 0.1) is 0 Å². The van der Waals surface area contributed by atoms with Crippen molar-refractivity contribution < 1.29 is 9.90 Å². The topological polar surface area (TPSA) is 37.3 Å². The molecule has 25 heavy (non-hydrogen) atoms. The number of ketones is 1. The zero-order valence-corrected chi connectivity index (χ0v) is 17.0. The lowest BCUT2D eigenvalue weighted by molar-refractivity contribution is -0.138. The van der Waals surface area contributed by atoms with Crippen LogP contribution in [0.1, 0.15) is 96.8 Å². The Hall–Kier alpha value is -1.15. The van der Waals surface area contributed by atoms with Crippen molar-refractivity contribution in [3.63, 3.8) is 0 Å². The molecule has 1 aliphatic carbocycles. The summed E-state index contributed by atoms with van der Waals surface area (Å²) in [7, 11) is 0. The van der Waals surface area contributed by atoms with E-state index in [-0.39, 0.29) is 16.6 Å². The molecule has 1 aliphatic rings. The van der Waals surface area contributed by atoms with Crippen molar-refractivity contribution in [2.24, 2.45) is 0 Å². The van der Waals surface area contributed by atoms with Crippen LogP contribution in [0.3, 0.4) is 0 Å². The summed E-state index contributed by atoms with van der Waals surface area (Å²) in [5.74, 6) is 0.0330. The van der Waals surface area contributed by atoms with Crippen molar-refractivity contribution in [2.45, 2.75) is 103 Å². The van der Waals surface area contributed by atoms with Gasteiger partial charge in [0.05, 0.1) is 0 Å². The quantitative estimate of drug-likeness (QED) is 0.771. The van der Waals surface area contributed by atoms with Crippen molar-refractivity contribution >= 4 is 5.78 Å². The lowest BCUT2D eigenvalue weighted by Crippen LogP contribution is -2.41. The van der Waals surface area contributed by atoms with Gasteiger partial charge in [-0.3, -0.25) is 4.79 Å². The summed E-state index contributed by atoms with van der Waals surface area (Å²) in [5, 5.41) is 11.1. The van der Waals surface area contributed by atoms with Crippen molar-refractivity contribution in [3.05, 3.63) is 34.9 Å². The van der Waals surface area contributed by atoms with Gasteiger partial charge in [-0.05, 0) is 40.4 Å². The van der Waals surface area contributed by atoms with Gasteiger partial charge in [0.1, 0.15) is 5.60 Å². The molecule has 1 fully saturated rings. The number of carbonyl (C=O) groups excluding carboxylic acids is 1. The summed E-state index contributed by atoms with van der Waals surface area (Å²) in [6.45, 7) is 13.3. The van der Waals surface area contributed by atoms with Crippen LogP contribution >= 0.6 is 0 Å². The fourth-order valence-electron chi connectivity index (χ4n) is 3.61. The second-order valence-corrected chi connectivity index (χ2v) is 9.96. The van der Waals surface area contributed by atoms with Gasteiger partial charge in [0.2, 0.25) is 0 Å². The molecule has 1 N–H and O–H groups in total. The summed E-state index contributed by atoms with van der Waals surface area (Å²) >= 11 is 0. The molecule has 0 amide bonds. The fraction of sp³-hybridized carbons (Fsp3) is 0.696. The number of Topliss-reactive ketones (excluding diaryl/α,β-unsaturated/α-hetero) is 1. The number of carbonyl (C=O) groups is 1. The maximum Gasteiger partial charge on any atom is 0.164 e. The van der Waals surface area contributed by atoms with Crippen LogP contribution in [0.2, 0.25) is 0 Å². The average molecular weight is 345 g/mol. The van der Waals surface area contributed by atoms with Gasteiger partial charge in [0.25, 0.3) is 0 Å². The van der Waals surface area contributed by atoms with Crippen LogP contribution in [0.25, 0.3) is 0 Å². The average Bonchev–Trinajstić information content (AvgIpc) is 2.47. The molecule has 1 atom stereocenters. The lowest BCUT2D eigenvalue weighted by atomic mass is 9.76. The normalized spacial score (nSPS) is 23.2. The second-order valence-electron chi connectivity index (χ2n) is 9.96. The molecule has 0 heterocycles. The van der Waals surface area contributed by atoms with E-state index in [2.05, 4.69) is 59.7 Å². The van der Waals surface area contributed by atoms with E-state index in [1.54, 1.807) is 0 Å². The number of benzene rings is 1. The third-order valence-electron chi connectivity index (χ3n) is 5.48. The third kappa shape index (κ3) is 5.17. The van der Waals surface area contributed by atoms with Crippen LogP contribution in [0.4, 0.5) is 0 Å². The zero-order chi connectivity index (χ0) is 18.9. The fourth-order valence-corrected chi connectivity index (χ4v) is 3.61. The summed E-state index contributed by atoms with van der Waals surface area (Å²) in [6.07, 6.45) is 5.63. The molecule has 1 saturated carbocycles. The van der Waals surface area contributed by atoms with Gasteiger partial charge < -0.3 is 5.11 Å². The monoisotopic (exact) mass is 344 g/mol. The molecule has 0 bridgehead atoms. The van der Waals surface area contributed by atoms with E-state index in [9.17, 15) is 9.90 Å². The van der Waals surface area contributed by atoms with Crippen molar-refractivity contribution in [1.82, 2.24) is 0 Å². The first-order chi connectivity index (χ1) is 11.4. The number of hydrogen-bond donors (Lipinski definition) is 1. The zero-order valence-electron chi connectivity index (χ0n) is 17.0. The largest absolute Gasteiger partial charge is 0.382 e. The summed E-state index contributed by atoms with van der Waals surface area (Å²) in [5.41, 5.74) is 2.54. The van der Waals surface area contributed by atoms with Crippen LogP contribution in [-0.2, 0) is 22.0 Å². The number of rotatable bonds is 2. The van der Waals surface area contributed by atoms with E-state index >= 15 is 0 Å². The number of aliphatic hydroxyl groups is 1. The Bertz CT molecular complexity index is 584.